The Bertz CT molecular complexity index is 255. The lowest BCUT2D eigenvalue weighted by atomic mass is 10.0. The van der Waals surface area contributed by atoms with Gasteiger partial charge in [0.1, 0.15) is 0 Å². The molecule has 1 aliphatic heterocycles. The van der Waals surface area contributed by atoms with Gasteiger partial charge in [0.25, 0.3) is 0 Å². The Balaban J connectivity index is 1.64. The zero-order valence-electron chi connectivity index (χ0n) is 15.9. The van der Waals surface area contributed by atoms with Crippen molar-refractivity contribution in [1.82, 2.24) is 0 Å². The van der Waals surface area contributed by atoms with Crippen molar-refractivity contribution in [2.75, 3.05) is 6.61 Å². The van der Waals surface area contributed by atoms with Crippen molar-refractivity contribution < 1.29 is 4.74 Å². The standard InChI is InChI=1S/C22H42O/c1-2-3-4-5-6-7-8-9-10-11-12-13-14-15-16-17-18-19-20-22-21-23-22/h15-16,22H,2-14,17-21H2,1H3/b16-15+. The maximum absolute atomic E-state index is 5.22. The number of ether oxygens (including phenoxy) is 1. The van der Waals surface area contributed by atoms with Crippen LogP contribution in [0.1, 0.15) is 116 Å². The molecule has 1 heterocycles. The summed E-state index contributed by atoms with van der Waals surface area (Å²) in [6, 6.07) is 0. The SMILES string of the molecule is CCCCCCCCCCCCCC/C=C/CCCCC1CO1. The normalized spacial score (nSPS) is 17.2. The first-order chi connectivity index (χ1) is 11.4. The van der Waals surface area contributed by atoms with Crippen LogP contribution in [0.5, 0.6) is 0 Å². The van der Waals surface area contributed by atoms with Gasteiger partial charge in [0, 0.05) is 0 Å². The minimum Gasteiger partial charge on any atom is -0.373 e. The molecular weight excluding hydrogens is 280 g/mol. The third kappa shape index (κ3) is 16.3. The van der Waals surface area contributed by atoms with Crippen molar-refractivity contribution in [2.45, 2.75) is 122 Å². The molecule has 1 nitrogen and oxygen atoms in total. The molecule has 23 heavy (non-hydrogen) atoms. The Morgan fingerprint density at radius 1 is 0.652 bits per heavy atom. The summed E-state index contributed by atoms with van der Waals surface area (Å²) in [6.45, 7) is 3.32. The fourth-order valence-electron chi connectivity index (χ4n) is 3.21. The van der Waals surface area contributed by atoms with E-state index in [0.29, 0.717) is 6.10 Å². The molecule has 0 spiro atoms. The molecule has 1 saturated heterocycles. The molecule has 0 aromatic rings. The number of epoxide rings is 1. The molecule has 0 aliphatic carbocycles. The molecule has 0 N–H and O–H groups in total. The summed E-state index contributed by atoms with van der Waals surface area (Å²) in [5.41, 5.74) is 0. The van der Waals surface area contributed by atoms with E-state index in [-0.39, 0.29) is 0 Å². The summed E-state index contributed by atoms with van der Waals surface area (Å²) < 4.78 is 5.22. The molecule has 0 aromatic carbocycles. The smallest absolute Gasteiger partial charge is 0.0810 e. The second-order valence-corrected chi connectivity index (χ2v) is 7.39. The Morgan fingerprint density at radius 3 is 1.57 bits per heavy atom. The zero-order chi connectivity index (χ0) is 16.4. The van der Waals surface area contributed by atoms with E-state index in [9.17, 15) is 0 Å². The maximum atomic E-state index is 5.22. The van der Waals surface area contributed by atoms with Gasteiger partial charge < -0.3 is 4.74 Å². The van der Waals surface area contributed by atoms with E-state index in [1.54, 1.807) is 0 Å². The van der Waals surface area contributed by atoms with Gasteiger partial charge in [0.2, 0.25) is 0 Å². The van der Waals surface area contributed by atoms with E-state index in [1.807, 2.05) is 0 Å². The molecule has 1 aliphatic rings. The van der Waals surface area contributed by atoms with Crippen LogP contribution in [-0.4, -0.2) is 12.7 Å². The lowest BCUT2D eigenvalue weighted by molar-refractivity contribution is 0.390. The average molecular weight is 323 g/mol. The van der Waals surface area contributed by atoms with Gasteiger partial charge in [-0.3, -0.25) is 0 Å². The van der Waals surface area contributed by atoms with Gasteiger partial charge >= 0.3 is 0 Å². The quantitative estimate of drug-likeness (QED) is 0.144. The van der Waals surface area contributed by atoms with Crippen molar-refractivity contribution in [2.24, 2.45) is 0 Å². The number of hydrogen-bond donors (Lipinski definition) is 0. The molecule has 1 fully saturated rings. The monoisotopic (exact) mass is 322 g/mol. The molecule has 0 radical (unpaired) electrons. The highest BCUT2D eigenvalue weighted by atomic mass is 16.6. The van der Waals surface area contributed by atoms with Crippen LogP contribution in [0, 0.1) is 0 Å². The number of hydrogen-bond acceptors (Lipinski definition) is 1. The van der Waals surface area contributed by atoms with Crippen LogP contribution in [-0.2, 0) is 4.74 Å². The largest absolute Gasteiger partial charge is 0.373 e. The van der Waals surface area contributed by atoms with Crippen LogP contribution in [0.25, 0.3) is 0 Å². The minimum absolute atomic E-state index is 0.625. The Kier molecular flexibility index (Phi) is 14.9. The van der Waals surface area contributed by atoms with E-state index in [1.165, 1.54) is 109 Å². The van der Waals surface area contributed by atoms with Crippen LogP contribution in [0.2, 0.25) is 0 Å². The lowest BCUT2D eigenvalue weighted by Gasteiger charge is -2.02. The first-order valence-electron chi connectivity index (χ1n) is 10.7. The van der Waals surface area contributed by atoms with Crippen molar-refractivity contribution in [3.05, 3.63) is 12.2 Å². The van der Waals surface area contributed by atoms with Gasteiger partial charge in [-0.2, -0.15) is 0 Å². The van der Waals surface area contributed by atoms with Crippen LogP contribution >= 0.6 is 0 Å². The topological polar surface area (TPSA) is 12.5 Å². The molecule has 0 aromatic heterocycles. The molecule has 0 amide bonds. The second-order valence-electron chi connectivity index (χ2n) is 7.39. The van der Waals surface area contributed by atoms with Gasteiger partial charge in [-0.1, -0.05) is 96.1 Å². The maximum Gasteiger partial charge on any atom is 0.0810 e. The Labute approximate surface area is 146 Å². The average Bonchev–Trinajstić information content (AvgIpc) is 3.38. The summed E-state index contributed by atoms with van der Waals surface area (Å²) in [5, 5.41) is 0. The summed E-state index contributed by atoms with van der Waals surface area (Å²) >= 11 is 0. The van der Waals surface area contributed by atoms with Gasteiger partial charge in [-0.25, -0.2) is 0 Å². The predicted molar refractivity (Wildman–Crippen MR) is 103 cm³/mol. The second kappa shape index (κ2) is 16.6. The van der Waals surface area contributed by atoms with E-state index in [2.05, 4.69) is 19.1 Å². The van der Waals surface area contributed by atoms with Crippen molar-refractivity contribution in [3.63, 3.8) is 0 Å². The Morgan fingerprint density at radius 2 is 1.09 bits per heavy atom. The fourth-order valence-corrected chi connectivity index (χ4v) is 3.21. The van der Waals surface area contributed by atoms with Crippen molar-refractivity contribution in [1.29, 1.82) is 0 Å². The molecule has 1 heteroatoms. The van der Waals surface area contributed by atoms with Gasteiger partial charge in [-0.05, 0) is 32.1 Å². The highest BCUT2D eigenvalue weighted by molar-refractivity contribution is 4.81. The molecule has 1 unspecified atom stereocenters. The van der Waals surface area contributed by atoms with Gasteiger partial charge in [0.05, 0.1) is 12.7 Å². The fraction of sp³-hybridized carbons (Fsp3) is 0.909. The van der Waals surface area contributed by atoms with Crippen LogP contribution in [0.3, 0.4) is 0 Å². The predicted octanol–water partition coefficient (Wildman–Crippen LogP) is 7.59. The first-order valence-corrected chi connectivity index (χ1v) is 10.7. The molecule has 0 bridgehead atoms. The molecule has 0 saturated carbocycles. The van der Waals surface area contributed by atoms with Gasteiger partial charge in [-0.15, -0.1) is 0 Å². The lowest BCUT2D eigenvalue weighted by Crippen LogP contribution is -1.84. The molecule has 1 atom stereocenters. The summed E-state index contributed by atoms with van der Waals surface area (Å²) in [5.74, 6) is 0. The van der Waals surface area contributed by atoms with Gasteiger partial charge in [0.15, 0.2) is 0 Å². The minimum atomic E-state index is 0.625. The van der Waals surface area contributed by atoms with Crippen molar-refractivity contribution >= 4 is 0 Å². The van der Waals surface area contributed by atoms with E-state index >= 15 is 0 Å². The number of allylic oxidation sites excluding steroid dienone is 2. The van der Waals surface area contributed by atoms with Crippen molar-refractivity contribution in [3.8, 4) is 0 Å². The summed E-state index contributed by atoms with van der Waals surface area (Å²) in [7, 11) is 0. The van der Waals surface area contributed by atoms with E-state index in [4.69, 9.17) is 4.74 Å². The summed E-state index contributed by atoms with van der Waals surface area (Å²) in [6.07, 6.45) is 29.3. The third-order valence-corrected chi connectivity index (χ3v) is 4.94. The van der Waals surface area contributed by atoms with E-state index < -0.39 is 0 Å². The number of rotatable bonds is 18. The third-order valence-electron chi connectivity index (χ3n) is 4.94. The molecule has 136 valence electrons. The Hall–Kier alpha value is -0.300. The molecular formula is C22H42O. The van der Waals surface area contributed by atoms with E-state index in [0.717, 1.165) is 6.61 Å². The first kappa shape index (κ1) is 20.7. The van der Waals surface area contributed by atoms with Crippen LogP contribution in [0.4, 0.5) is 0 Å². The van der Waals surface area contributed by atoms with Crippen LogP contribution < -0.4 is 0 Å². The zero-order valence-corrected chi connectivity index (χ0v) is 15.9. The summed E-state index contributed by atoms with van der Waals surface area (Å²) in [4.78, 5) is 0. The highest BCUT2D eigenvalue weighted by Crippen LogP contribution is 2.17. The highest BCUT2D eigenvalue weighted by Gasteiger charge is 2.20. The number of unbranched alkanes of at least 4 members (excludes halogenated alkanes) is 14. The van der Waals surface area contributed by atoms with Crippen LogP contribution in [0.15, 0.2) is 12.2 Å². The molecule has 1 rings (SSSR count).